The number of unbranched alkanes of at least 4 members (excludes halogenated alkanes) is 2. The van der Waals surface area contributed by atoms with Crippen LogP contribution in [0.3, 0.4) is 0 Å². The van der Waals surface area contributed by atoms with Crippen LogP contribution in [0.5, 0.6) is 0 Å². The van der Waals surface area contributed by atoms with Crippen LogP contribution < -0.4 is 0 Å². The molecule has 0 aliphatic rings. The quantitative estimate of drug-likeness (QED) is 0.595. The van der Waals surface area contributed by atoms with Gasteiger partial charge in [0.2, 0.25) is 0 Å². The zero-order valence-electron chi connectivity index (χ0n) is 12.0. The van der Waals surface area contributed by atoms with E-state index >= 15 is 0 Å². The van der Waals surface area contributed by atoms with E-state index in [4.69, 9.17) is 4.74 Å². The lowest BCUT2D eigenvalue weighted by atomic mass is 10.1. The van der Waals surface area contributed by atoms with Crippen molar-refractivity contribution in [1.82, 2.24) is 0 Å². The van der Waals surface area contributed by atoms with Gasteiger partial charge in [0.25, 0.3) is 0 Å². The van der Waals surface area contributed by atoms with Gasteiger partial charge in [0.15, 0.2) is 0 Å². The molecule has 0 N–H and O–H groups in total. The van der Waals surface area contributed by atoms with Crippen molar-refractivity contribution < 1.29 is 4.74 Å². The van der Waals surface area contributed by atoms with Crippen LogP contribution in [0.25, 0.3) is 6.08 Å². The molecule has 1 aromatic carbocycles. The molecule has 0 saturated carbocycles. The first kappa shape index (κ1) is 15.0. The molecule has 0 aliphatic carbocycles. The summed E-state index contributed by atoms with van der Waals surface area (Å²) in [7, 11) is 0. The van der Waals surface area contributed by atoms with Crippen LogP contribution in [-0.2, 0) is 11.2 Å². The highest BCUT2D eigenvalue weighted by atomic mass is 16.5. The van der Waals surface area contributed by atoms with Gasteiger partial charge in [-0.05, 0) is 50.7 Å². The molecule has 0 amide bonds. The molecular weight excluding hydrogens is 220 g/mol. The average molecular weight is 246 g/mol. The van der Waals surface area contributed by atoms with Gasteiger partial charge in [-0.2, -0.15) is 0 Å². The SMILES string of the molecule is CCc1cccc(/C=C/CCCCOC(C)C)c1. The summed E-state index contributed by atoms with van der Waals surface area (Å²) in [6, 6.07) is 8.74. The molecule has 0 aromatic heterocycles. The van der Waals surface area contributed by atoms with E-state index in [9.17, 15) is 0 Å². The summed E-state index contributed by atoms with van der Waals surface area (Å²) < 4.78 is 5.51. The van der Waals surface area contributed by atoms with Crippen molar-refractivity contribution in [3.05, 3.63) is 41.5 Å². The van der Waals surface area contributed by atoms with Gasteiger partial charge in [-0.15, -0.1) is 0 Å². The van der Waals surface area contributed by atoms with Gasteiger partial charge >= 0.3 is 0 Å². The van der Waals surface area contributed by atoms with Gasteiger partial charge < -0.3 is 4.74 Å². The van der Waals surface area contributed by atoms with Crippen LogP contribution in [0.4, 0.5) is 0 Å². The molecule has 0 heterocycles. The van der Waals surface area contributed by atoms with Crippen LogP contribution in [0.1, 0.15) is 51.2 Å². The van der Waals surface area contributed by atoms with E-state index in [1.165, 1.54) is 17.5 Å². The lowest BCUT2D eigenvalue weighted by Crippen LogP contribution is -2.03. The second kappa shape index (κ2) is 8.93. The second-order valence-electron chi connectivity index (χ2n) is 4.92. The normalized spacial score (nSPS) is 11.6. The third-order valence-electron chi connectivity index (χ3n) is 2.89. The van der Waals surface area contributed by atoms with E-state index in [1.807, 2.05) is 0 Å². The molecule has 0 fully saturated rings. The Labute approximate surface area is 112 Å². The molecule has 100 valence electrons. The van der Waals surface area contributed by atoms with Crippen LogP contribution in [0, 0.1) is 0 Å². The maximum absolute atomic E-state index is 5.51. The highest BCUT2D eigenvalue weighted by Gasteiger charge is 1.93. The maximum Gasteiger partial charge on any atom is 0.0518 e. The predicted molar refractivity (Wildman–Crippen MR) is 79.8 cm³/mol. The topological polar surface area (TPSA) is 9.23 Å². The zero-order chi connectivity index (χ0) is 13.2. The molecule has 1 rings (SSSR count). The van der Waals surface area contributed by atoms with Crippen molar-refractivity contribution in [2.24, 2.45) is 0 Å². The molecule has 1 heteroatoms. The Morgan fingerprint density at radius 1 is 1.22 bits per heavy atom. The summed E-state index contributed by atoms with van der Waals surface area (Å²) in [5.41, 5.74) is 2.72. The maximum atomic E-state index is 5.51. The molecule has 18 heavy (non-hydrogen) atoms. The minimum absolute atomic E-state index is 0.359. The predicted octanol–water partition coefficient (Wildman–Crippen LogP) is 4.86. The van der Waals surface area contributed by atoms with Crippen LogP contribution >= 0.6 is 0 Å². The summed E-state index contributed by atoms with van der Waals surface area (Å²) >= 11 is 0. The molecule has 0 aliphatic heterocycles. The number of ether oxygens (including phenoxy) is 1. The summed E-state index contributed by atoms with van der Waals surface area (Å²) in [6.45, 7) is 7.25. The third-order valence-corrected chi connectivity index (χ3v) is 2.89. The smallest absolute Gasteiger partial charge is 0.0518 e. The van der Waals surface area contributed by atoms with E-state index in [-0.39, 0.29) is 0 Å². The average Bonchev–Trinajstić information content (AvgIpc) is 2.37. The number of aryl methyl sites for hydroxylation is 1. The van der Waals surface area contributed by atoms with E-state index in [0.29, 0.717) is 6.10 Å². The summed E-state index contributed by atoms with van der Waals surface area (Å²) in [4.78, 5) is 0. The Hall–Kier alpha value is -1.08. The molecule has 0 radical (unpaired) electrons. The van der Waals surface area contributed by atoms with E-state index in [1.54, 1.807) is 0 Å². The van der Waals surface area contributed by atoms with Crippen LogP contribution in [0.2, 0.25) is 0 Å². The molecule has 0 bridgehead atoms. The molecule has 1 aromatic rings. The van der Waals surface area contributed by atoms with E-state index in [0.717, 1.165) is 25.9 Å². The fraction of sp³-hybridized carbons (Fsp3) is 0.529. The van der Waals surface area contributed by atoms with Gasteiger partial charge in [0, 0.05) is 6.61 Å². The fourth-order valence-corrected chi connectivity index (χ4v) is 1.82. The van der Waals surface area contributed by atoms with Gasteiger partial charge in [0.05, 0.1) is 6.10 Å². The Kier molecular flexibility index (Phi) is 7.43. The molecule has 1 nitrogen and oxygen atoms in total. The number of hydrogen-bond acceptors (Lipinski definition) is 1. The minimum atomic E-state index is 0.359. The summed E-state index contributed by atoms with van der Waals surface area (Å²) in [5, 5.41) is 0. The van der Waals surface area contributed by atoms with Crippen molar-refractivity contribution in [2.75, 3.05) is 6.61 Å². The van der Waals surface area contributed by atoms with E-state index < -0.39 is 0 Å². The second-order valence-corrected chi connectivity index (χ2v) is 4.92. The Balaban J connectivity index is 2.19. The standard InChI is InChI=1S/C17H26O/c1-4-16-11-9-12-17(14-16)10-7-5-6-8-13-18-15(2)3/h7,9-12,14-15H,4-6,8,13H2,1-3H3/b10-7+. The molecule has 0 unspecified atom stereocenters. The van der Waals surface area contributed by atoms with Gasteiger partial charge in [-0.25, -0.2) is 0 Å². The highest BCUT2D eigenvalue weighted by Crippen LogP contribution is 2.09. The molecule has 0 saturated heterocycles. The lowest BCUT2D eigenvalue weighted by Gasteiger charge is -2.05. The number of rotatable bonds is 8. The van der Waals surface area contributed by atoms with Crippen molar-refractivity contribution in [3.8, 4) is 0 Å². The first-order valence-electron chi connectivity index (χ1n) is 7.09. The number of benzene rings is 1. The van der Waals surface area contributed by atoms with Gasteiger partial charge in [-0.3, -0.25) is 0 Å². The Morgan fingerprint density at radius 3 is 2.78 bits per heavy atom. The first-order chi connectivity index (χ1) is 8.72. The molecule has 0 spiro atoms. The lowest BCUT2D eigenvalue weighted by molar-refractivity contribution is 0.0762. The fourth-order valence-electron chi connectivity index (χ4n) is 1.82. The number of hydrogen-bond donors (Lipinski definition) is 0. The minimum Gasteiger partial charge on any atom is -0.379 e. The largest absolute Gasteiger partial charge is 0.379 e. The third kappa shape index (κ3) is 6.61. The van der Waals surface area contributed by atoms with E-state index in [2.05, 4.69) is 57.2 Å². The van der Waals surface area contributed by atoms with Crippen molar-refractivity contribution >= 4 is 6.08 Å². The van der Waals surface area contributed by atoms with Crippen LogP contribution in [0.15, 0.2) is 30.3 Å². The van der Waals surface area contributed by atoms with Crippen LogP contribution in [-0.4, -0.2) is 12.7 Å². The van der Waals surface area contributed by atoms with Crippen molar-refractivity contribution in [3.63, 3.8) is 0 Å². The summed E-state index contributed by atoms with van der Waals surface area (Å²) in [6.07, 6.45) is 9.45. The summed E-state index contributed by atoms with van der Waals surface area (Å²) in [5.74, 6) is 0. The highest BCUT2D eigenvalue weighted by molar-refractivity contribution is 5.50. The zero-order valence-corrected chi connectivity index (χ0v) is 12.0. The molecule has 0 atom stereocenters. The van der Waals surface area contributed by atoms with Crippen molar-refractivity contribution in [1.29, 1.82) is 0 Å². The van der Waals surface area contributed by atoms with Crippen molar-refractivity contribution in [2.45, 2.75) is 52.6 Å². The Bertz CT molecular complexity index is 352. The van der Waals surface area contributed by atoms with Gasteiger partial charge in [-0.1, -0.05) is 43.3 Å². The number of allylic oxidation sites excluding steroid dienone is 1. The Morgan fingerprint density at radius 2 is 2.06 bits per heavy atom. The first-order valence-corrected chi connectivity index (χ1v) is 7.09. The monoisotopic (exact) mass is 246 g/mol. The van der Waals surface area contributed by atoms with Gasteiger partial charge in [0.1, 0.15) is 0 Å². The molecular formula is C17H26O.